The number of nitrogens with two attached hydrogens (primary N) is 1. The summed E-state index contributed by atoms with van der Waals surface area (Å²) in [4.78, 5) is 4.87. The van der Waals surface area contributed by atoms with Crippen LogP contribution in [0.15, 0.2) is 0 Å². The van der Waals surface area contributed by atoms with Crippen molar-refractivity contribution in [3.8, 4) is 6.07 Å². The Hall–Kier alpha value is -1.32. The van der Waals surface area contributed by atoms with Crippen molar-refractivity contribution in [3.05, 3.63) is 5.56 Å². The first-order chi connectivity index (χ1) is 8.79. The SMILES string of the molecule is N#Cc1c(N)nsc1N1CCN2CCCCC2C1. The number of nitrogens with zero attached hydrogens (tertiary/aromatic N) is 4. The van der Waals surface area contributed by atoms with E-state index in [4.69, 9.17) is 11.0 Å². The molecule has 3 rings (SSSR count). The van der Waals surface area contributed by atoms with E-state index in [1.807, 2.05) is 0 Å². The monoisotopic (exact) mass is 263 g/mol. The smallest absolute Gasteiger partial charge is 0.157 e. The second-order valence-corrected chi connectivity index (χ2v) is 5.74. The van der Waals surface area contributed by atoms with E-state index in [1.54, 1.807) is 0 Å². The van der Waals surface area contributed by atoms with Gasteiger partial charge in [0.15, 0.2) is 5.82 Å². The number of nitrogen functional groups attached to an aromatic ring is 1. The molecule has 1 aromatic heterocycles. The highest BCUT2D eigenvalue weighted by atomic mass is 32.1. The van der Waals surface area contributed by atoms with E-state index >= 15 is 0 Å². The molecular formula is C12H17N5S. The molecule has 2 N–H and O–H groups in total. The Kier molecular flexibility index (Phi) is 3.10. The third kappa shape index (κ3) is 1.93. The van der Waals surface area contributed by atoms with Crippen LogP contribution in [0.4, 0.5) is 10.8 Å². The lowest BCUT2D eigenvalue weighted by Gasteiger charge is -2.44. The van der Waals surface area contributed by atoms with Gasteiger partial charge in [0.25, 0.3) is 0 Å². The van der Waals surface area contributed by atoms with Gasteiger partial charge in [-0.3, -0.25) is 4.90 Å². The van der Waals surface area contributed by atoms with E-state index in [9.17, 15) is 0 Å². The van der Waals surface area contributed by atoms with E-state index < -0.39 is 0 Å². The lowest BCUT2D eigenvalue weighted by Crippen LogP contribution is -2.54. The van der Waals surface area contributed by atoms with Gasteiger partial charge in [-0.05, 0) is 30.9 Å². The first-order valence-corrected chi connectivity index (χ1v) is 7.21. The molecule has 0 aromatic carbocycles. The predicted molar refractivity (Wildman–Crippen MR) is 72.7 cm³/mol. The lowest BCUT2D eigenvalue weighted by atomic mass is 9.99. The van der Waals surface area contributed by atoms with Crippen molar-refractivity contribution in [1.82, 2.24) is 9.27 Å². The van der Waals surface area contributed by atoms with Gasteiger partial charge in [-0.1, -0.05) is 6.42 Å². The van der Waals surface area contributed by atoms with Gasteiger partial charge in [-0.15, -0.1) is 0 Å². The van der Waals surface area contributed by atoms with Gasteiger partial charge in [0, 0.05) is 25.7 Å². The zero-order valence-electron chi connectivity index (χ0n) is 10.3. The van der Waals surface area contributed by atoms with Crippen LogP contribution in [-0.4, -0.2) is 41.5 Å². The van der Waals surface area contributed by atoms with Crippen LogP contribution >= 0.6 is 11.5 Å². The largest absolute Gasteiger partial charge is 0.382 e. The van der Waals surface area contributed by atoms with Gasteiger partial charge in [0.05, 0.1) is 0 Å². The molecule has 2 saturated heterocycles. The Balaban J connectivity index is 1.79. The third-order valence-electron chi connectivity index (χ3n) is 3.94. The quantitative estimate of drug-likeness (QED) is 0.826. The van der Waals surface area contributed by atoms with Crippen LogP contribution in [-0.2, 0) is 0 Å². The lowest BCUT2D eigenvalue weighted by molar-refractivity contribution is 0.133. The van der Waals surface area contributed by atoms with Crippen molar-refractivity contribution >= 4 is 22.4 Å². The molecule has 0 aliphatic carbocycles. The fourth-order valence-corrected chi connectivity index (χ4v) is 3.75. The van der Waals surface area contributed by atoms with Crippen molar-refractivity contribution < 1.29 is 0 Å². The molecule has 2 aliphatic heterocycles. The van der Waals surface area contributed by atoms with E-state index in [-0.39, 0.29) is 0 Å². The standard InChI is InChI=1S/C12H17N5S/c13-7-10-11(14)15-18-12(10)17-6-5-16-4-2-1-3-9(16)8-17/h9H,1-6,8H2,(H2,14,15). The Morgan fingerprint density at radius 1 is 1.33 bits per heavy atom. The van der Waals surface area contributed by atoms with Crippen LogP contribution in [0.25, 0.3) is 0 Å². The van der Waals surface area contributed by atoms with Gasteiger partial charge in [0.2, 0.25) is 0 Å². The van der Waals surface area contributed by atoms with Gasteiger partial charge in [-0.25, -0.2) is 0 Å². The molecule has 0 radical (unpaired) electrons. The van der Waals surface area contributed by atoms with E-state index in [0.29, 0.717) is 17.4 Å². The minimum Gasteiger partial charge on any atom is -0.382 e. The van der Waals surface area contributed by atoms with Crippen molar-refractivity contribution in [2.75, 3.05) is 36.8 Å². The molecule has 1 atom stereocenters. The summed E-state index contributed by atoms with van der Waals surface area (Å²) >= 11 is 1.36. The zero-order valence-corrected chi connectivity index (χ0v) is 11.1. The number of anilines is 2. The number of rotatable bonds is 1. The van der Waals surface area contributed by atoms with Crippen molar-refractivity contribution in [3.63, 3.8) is 0 Å². The average molecular weight is 263 g/mol. The molecule has 1 unspecified atom stereocenters. The van der Waals surface area contributed by atoms with Crippen molar-refractivity contribution in [1.29, 1.82) is 5.26 Å². The number of piperazine rings is 1. The Morgan fingerprint density at radius 2 is 2.22 bits per heavy atom. The minimum absolute atomic E-state index is 0.378. The first kappa shape index (κ1) is 11.8. The number of fused-ring (bicyclic) bond motifs is 1. The van der Waals surface area contributed by atoms with Crippen molar-refractivity contribution in [2.24, 2.45) is 0 Å². The van der Waals surface area contributed by atoms with Gasteiger partial charge in [0.1, 0.15) is 16.6 Å². The predicted octanol–water partition coefficient (Wildman–Crippen LogP) is 1.27. The molecule has 5 nitrogen and oxygen atoms in total. The van der Waals surface area contributed by atoms with Gasteiger partial charge < -0.3 is 10.6 Å². The van der Waals surface area contributed by atoms with Crippen LogP contribution in [0.5, 0.6) is 0 Å². The zero-order chi connectivity index (χ0) is 12.5. The summed E-state index contributed by atoms with van der Waals surface area (Å²) in [7, 11) is 0. The highest BCUT2D eigenvalue weighted by molar-refractivity contribution is 7.10. The first-order valence-electron chi connectivity index (χ1n) is 6.44. The third-order valence-corrected chi connectivity index (χ3v) is 4.86. The molecule has 0 saturated carbocycles. The maximum absolute atomic E-state index is 9.15. The van der Waals surface area contributed by atoms with Crippen molar-refractivity contribution in [2.45, 2.75) is 25.3 Å². The summed E-state index contributed by atoms with van der Waals surface area (Å²) in [6, 6.07) is 2.82. The van der Waals surface area contributed by atoms with Crippen LogP contribution in [0, 0.1) is 11.3 Å². The normalized spacial score (nSPS) is 24.6. The second-order valence-electron chi connectivity index (χ2n) is 4.99. The maximum atomic E-state index is 9.15. The van der Waals surface area contributed by atoms with Crippen LogP contribution in [0.1, 0.15) is 24.8 Å². The molecule has 1 aromatic rings. The molecule has 0 amide bonds. The summed E-state index contributed by atoms with van der Waals surface area (Å²) in [5.41, 5.74) is 6.29. The Morgan fingerprint density at radius 3 is 3.06 bits per heavy atom. The fourth-order valence-electron chi connectivity index (χ4n) is 2.95. The molecule has 3 heterocycles. The minimum atomic E-state index is 0.378. The molecule has 2 aliphatic rings. The van der Waals surface area contributed by atoms with Crippen LogP contribution < -0.4 is 10.6 Å². The van der Waals surface area contributed by atoms with Crippen LogP contribution in [0.2, 0.25) is 0 Å². The molecule has 18 heavy (non-hydrogen) atoms. The fraction of sp³-hybridized carbons (Fsp3) is 0.667. The summed E-state index contributed by atoms with van der Waals surface area (Å²) in [6.07, 6.45) is 3.92. The van der Waals surface area contributed by atoms with Gasteiger partial charge in [-0.2, -0.15) is 9.64 Å². The summed E-state index contributed by atoms with van der Waals surface area (Å²) in [6.45, 7) is 4.31. The molecule has 2 fully saturated rings. The Bertz CT molecular complexity index is 477. The number of nitriles is 1. The molecule has 6 heteroatoms. The molecular weight excluding hydrogens is 246 g/mol. The maximum Gasteiger partial charge on any atom is 0.157 e. The number of piperidine rings is 1. The highest BCUT2D eigenvalue weighted by Gasteiger charge is 2.31. The Labute approximate surface area is 111 Å². The molecule has 96 valence electrons. The van der Waals surface area contributed by atoms with E-state index in [1.165, 1.54) is 37.3 Å². The number of hydrogen-bond donors (Lipinski definition) is 1. The number of aromatic nitrogens is 1. The highest BCUT2D eigenvalue weighted by Crippen LogP contribution is 2.32. The topological polar surface area (TPSA) is 69.2 Å². The van der Waals surface area contributed by atoms with Crippen LogP contribution in [0.3, 0.4) is 0 Å². The van der Waals surface area contributed by atoms with Gasteiger partial charge >= 0.3 is 0 Å². The number of hydrogen-bond acceptors (Lipinski definition) is 6. The summed E-state index contributed by atoms with van der Waals surface area (Å²) in [5, 5.41) is 10.1. The van der Waals surface area contributed by atoms with E-state index in [2.05, 4.69) is 20.2 Å². The summed E-state index contributed by atoms with van der Waals surface area (Å²) < 4.78 is 4.11. The second kappa shape index (κ2) is 4.75. The summed E-state index contributed by atoms with van der Waals surface area (Å²) in [5.74, 6) is 0.378. The molecule has 0 spiro atoms. The van der Waals surface area contributed by atoms with E-state index in [0.717, 1.165) is 24.6 Å². The molecule has 0 bridgehead atoms. The average Bonchev–Trinajstić information content (AvgIpc) is 2.79.